The predicted octanol–water partition coefficient (Wildman–Crippen LogP) is 3.33. The molecule has 2 aliphatic heterocycles. The van der Waals surface area contributed by atoms with Gasteiger partial charge in [0.15, 0.2) is 0 Å². The molecule has 0 saturated heterocycles. The molecular weight excluding hydrogens is 507 g/mol. The average Bonchev–Trinajstić information content (AvgIpc) is 3.21. The number of carbonyl (C=O) groups excluding carboxylic acids is 4. The molecule has 36 heavy (non-hydrogen) atoms. The fourth-order valence-corrected chi connectivity index (χ4v) is 6.21. The summed E-state index contributed by atoms with van der Waals surface area (Å²) < 4.78 is 10.2. The van der Waals surface area contributed by atoms with Gasteiger partial charge in [0.2, 0.25) is 11.8 Å². The number of benzene rings is 2. The van der Waals surface area contributed by atoms with Crippen LogP contribution in [0.2, 0.25) is 10.0 Å². The Bertz CT molecular complexity index is 1350. The molecule has 0 saturated carbocycles. The van der Waals surface area contributed by atoms with Crippen LogP contribution in [0.4, 0.5) is 11.4 Å². The number of hydrogen-bond donors (Lipinski definition) is 0. The standard InChI is InChI=1S/C26H20Cl2N2O6/c1-29-19-11-13(27)5-7-15(19)25(23(29)33)17(21(31)35-3)9-10-18(22(32)36-4)26(25)16-8-6-14(28)12-20(16)30(2)24(26)34/h5-12H,1-4H3/t25-,26-/m1/s1. The van der Waals surface area contributed by atoms with Crippen LogP contribution in [-0.2, 0) is 39.5 Å². The van der Waals surface area contributed by atoms with Gasteiger partial charge in [0.05, 0.1) is 25.4 Å². The minimum atomic E-state index is -2.00. The fraction of sp³-hybridized carbons (Fsp3) is 0.231. The lowest BCUT2D eigenvalue weighted by molar-refractivity contribution is -0.144. The Labute approximate surface area is 216 Å². The molecule has 0 aromatic heterocycles. The van der Waals surface area contributed by atoms with Gasteiger partial charge in [-0.15, -0.1) is 0 Å². The van der Waals surface area contributed by atoms with Crippen molar-refractivity contribution in [2.45, 2.75) is 10.8 Å². The second-order valence-electron chi connectivity index (χ2n) is 8.70. The third-order valence-corrected chi connectivity index (χ3v) is 7.77. The van der Waals surface area contributed by atoms with Gasteiger partial charge in [-0.3, -0.25) is 9.59 Å². The zero-order valence-corrected chi connectivity index (χ0v) is 21.2. The van der Waals surface area contributed by atoms with E-state index in [0.29, 0.717) is 32.5 Å². The number of anilines is 2. The fourth-order valence-electron chi connectivity index (χ4n) is 5.88. The summed E-state index contributed by atoms with van der Waals surface area (Å²) in [6.07, 6.45) is 2.69. The third kappa shape index (κ3) is 2.60. The van der Waals surface area contributed by atoms with Gasteiger partial charge in [-0.2, -0.15) is 0 Å². The van der Waals surface area contributed by atoms with Crippen LogP contribution in [0.25, 0.3) is 0 Å². The van der Waals surface area contributed by atoms with Crippen molar-refractivity contribution >= 4 is 58.3 Å². The van der Waals surface area contributed by atoms with Gasteiger partial charge in [-0.25, -0.2) is 9.59 Å². The van der Waals surface area contributed by atoms with E-state index < -0.39 is 34.6 Å². The zero-order chi connectivity index (χ0) is 26.2. The van der Waals surface area contributed by atoms with Gasteiger partial charge < -0.3 is 19.3 Å². The van der Waals surface area contributed by atoms with Crippen LogP contribution >= 0.6 is 23.2 Å². The Kier molecular flexibility index (Phi) is 5.32. The Balaban J connectivity index is 2.05. The highest BCUT2D eigenvalue weighted by atomic mass is 35.5. The Morgan fingerprint density at radius 1 is 0.722 bits per heavy atom. The summed E-state index contributed by atoms with van der Waals surface area (Å²) in [6, 6.07) is 9.48. The smallest absolute Gasteiger partial charge is 0.335 e. The Morgan fingerprint density at radius 2 is 1.08 bits per heavy atom. The number of ether oxygens (including phenoxy) is 2. The molecule has 2 amide bonds. The molecule has 0 unspecified atom stereocenters. The van der Waals surface area contributed by atoms with Gasteiger partial charge >= 0.3 is 11.9 Å². The van der Waals surface area contributed by atoms with Crippen LogP contribution in [0.5, 0.6) is 0 Å². The van der Waals surface area contributed by atoms with Crippen molar-refractivity contribution < 1.29 is 28.7 Å². The van der Waals surface area contributed by atoms with Crippen LogP contribution in [0.3, 0.4) is 0 Å². The minimum Gasteiger partial charge on any atom is -0.466 e. The number of halogens is 2. The summed E-state index contributed by atoms with van der Waals surface area (Å²) in [6.45, 7) is 0. The maximum atomic E-state index is 14.5. The molecule has 0 N–H and O–H groups in total. The predicted molar refractivity (Wildman–Crippen MR) is 133 cm³/mol. The second-order valence-corrected chi connectivity index (χ2v) is 9.57. The van der Waals surface area contributed by atoms with Crippen molar-refractivity contribution in [3.8, 4) is 0 Å². The summed E-state index contributed by atoms with van der Waals surface area (Å²) in [5.74, 6) is -2.85. The van der Waals surface area contributed by atoms with E-state index in [0.717, 1.165) is 0 Å². The number of hydrogen-bond acceptors (Lipinski definition) is 6. The molecule has 2 aromatic carbocycles. The topological polar surface area (TPSA) is 93.2 Å². The van der Waals surface area contributed by atoms with E-state index in [1.807, 2.05) is 0 Å². The number of methoxy groups -OCH3 is 2. The van der Waals surface area contributed by atoms with E-state index in [1.165, 1.54) is 50.3 Å². The number of nitrogens with zero attached hydrogens (tertiary/aromatic N) is 2. The molecular formula is C26H20Cl2N2O6. The van der Waals surface area contributed by atoms with E-state index >= 15 is 0 Å². The van der Waals surface area contributed by atoms with E-state index in [-0.39, 0.29) is 11.1 Å². The number of rotatable bonds is 2. The Hall–Kier alpha value is -3.62. The molecule has 8 nitrogen and oxygen atoms in total. The van der Waals surface area contributed by atoms with E-state index in [9.17, 15) is 19.2 Å². The third-order valence-electron chi connectivity index (χ3n) is 7.30. The highest BCUT2D eigenvalue weighted by Gasteiger charge is 2.76. The SMILES string of the molecule is COC(=O)C1=CC=C(C(=O)OC)[C@]2(C(=O)N(C)c3cc(Cl)ccc32)[C@@]12C(=O)N(C)c1cc(Cl)ccc12. The number of amides is 2. The maximum Gasteiger partial charge on any atom is 0.335 e. The van der Waals surface area contributed by atoms with Gasteiger partial charge in [-0.1, -0.05) is 35.3 Å². The lowest BCUT2D eigenvalue weighted by atomic mass is 9.49. The first-order valence-corrected chi connectivity index (χ1v) is 11.6. The number of carbonyl (C=O) groups is 4. The van der Waals surface area contributed by atoms with E-state index in [1.54, 1.807) is 36.4 Å². The molecule has 2 spiro atoms. The second kappa shape index (κ2) is 7.94. The van der Waals surface area contributed by atoms with Crippen molar-refractivity contribution in [2.24, 2.45) is 0 Å². The zero-order valence-electron chi connectivity index (χ0n) is 19.7. The number of esters is 2. The highest BCUT2D eigenvalue weighted by molar-refractivity contribution is 6.33. The summed E-state index contributed by atoms with van der Waals surface area (Å²) in [7, 11) is 5.42. The number of allylic oxidation sites excluding steroid dienone is 2. The lowest BCUT2D eigenvalue weighted by Crippen LogP contribution is -2.64. The summed E-state index contributed by atoms with van der Waals surface area (Å²) in [4.78, 5) is 58.3. The van der Waals surface area contributed by atoms with Gasteiger partial charge in [0.25, 0.3) is 0 Å². The molecule has 10 heteroatoms. The molecule has 5 rings (SSSR count). The molecule has 0 radical (unpaired) electrons. The molecule has 0 fully saturated rings. The van der Waals surface area contributed by atoms with E-state index in [2.05, 4.69) is 0 Å². The summed E-state index contributed by atoms with van der Waals surface area (Å²) in [5.41, 5.74) is -2.75. The first-order valence-electron chi connectivity index (χ1n) is 10.8. The molecule has 1 aliphatic carbocycles. The van der Waals surface area contributed by atoms with Gasteiger partial charge in [0, 0.05) is 35.5 Å². The average molecular weight is 527 g/mol. The molecule has 0 bridgehead atoms. The van der Waals surface area contributed by atoms with Crippen LogP contribution in [0, 0.1) is 0 Å². The first kappa shape index (κ1) is 24.1. The van der Waals surface area contributed by atoms with Crippen LogP contribution in [0.1, 0.15) is 11.1 Å². The van der Waals surface area contributed by atoms with Crippen molar-refractivity contribution in [3.63, 3.8) is 0 Å². The molecule has 2 heterocycles. The lowest BCUT2D eigenvalue weighted by Gasteiger charge is -2.47. The molecule has 3 aliphatic rings. The van der Waals surface area contributed by atoms with Crippen molar-refractivity contribution in [3.05, 3.63) is 80.9 Å². The Morgan fingerprint density at radius 3 is 1.42 bits per heavy atom. The quantitative estimate of drug-likeness (QED) is 0.557. The van der Waals surface area contributed by atoms with Crippen molar-refractivity contribution in [2.75, 3.05) is 38.1 Å². The van der Waals surface area contributed by atoms with Crippen molar-refractivity contribution in [1.29, 1.82) is 0 Å². The largest absolute Gasteiger partial charge is 0.466 e. The van der Waals surface area contributed by atoms with Gasteiger partial charge in [0.1, 0.15) is 10.8 Å². The molecule has 184 valence electrons. The van der Waals surface area contributed by atoms with Crippen LogP contribution in [-0.4, -0.2) is 52.1 Å². The highest BCUT2D eigenvalue weighted by Crippen LogP contribution is 2.65. The normalized spacial score (nSPS) is 24.1. The van der Waals surface area contributed by atoms with Crippen molar-refractivity contribution in [1.82, 2.24) is 0 Å². The molecule has 2 atom stereocenters. The van der Waals surface area contributed by atoms with Gasteiger partial charge in [-0.05, 0) is 47.5 Å². The monoisotopic (exact) mass is 526 g/mol. The number of likely N-dealkylation sites (N-methyl/N-ethyl adjacent to an activating group) is 2. The summed E-state index contributed by atoms with van der Waals surface area (Å²) in [5, 5.41) is 0.703. The summed E-state index contributed by atoms with van der Waals surface area (Å²) >= 11 is 12.5. The van der Waals surface area contributed by atoms with Crippen LogP contribution in [0.15, 0.2) is 59.7 Å². The minimum absolute atomic E-state index is 0.0971. The first-order chi connectivity index (χ1) is 17.1. The van der Waals surface area contributed by atoms with Crippen LogP contribution < -0.4 is 9.80 Å². The molecule has 2 aromatic rings. The van der Waals surface area contributed by atoms with E-state index in [4.69, 9.17) is 32.7 Å². The maximum absolute atomic E-state index is 14.5. The number of fused-ring (bicyclic) bond motifs is 5.